The van der Waals surface area contributed by atoms with Gasteiger partial charge in [-0.15, -0.1) is 0 Å². The molecule has 0 saturated carbocycles. The van der Waals surface area contributed by atoms with Crippen LogP contribution in [0.25, 0.3) is 16.2 Å². The summed E-state index contributed by atoms with van der Waals surface area (Å²) in [7, 11) is 0. The second-order valence-electron chi connectivity index (χ2n) is 4.27. The highest BCUT2D eigenvalue weighted by Gasteiger charge is 2.08. The van der Waals surface area contributed by atoms with Crippen molar-refractivity contribution in [3.05, 3.63) is 40.5 Å². The molecule has 0 amide bonds. The predicted octanol–water partition coefficient (Wildman–Crippen LogP) is 3.38. The van der Waals surface area contributed by atoms with E-state index in [-0.39, 0.29) is 0 Å². The summed E-state index contributed by atoms with van der Waals surface area (Å²) in [5.41, 5.74) is 4.75. The van der Waals surface area contributed by atoms with E-state index in [1.807, 2.05) is 17.6 Å². The van der Waals surface area contributed by atoms with Gasteiger partial charge in [0.05, 0.1) is 11.9 Å². The highest BCUT2D eigenvalue weighted by Crippen LogP contribution is 2.23. The third kappa shape index (κ3) is 1.74. The van der Waals surface area contributed by atoms with Crippen LogP contribution in [0.15, 0.2) is 24.4 Å². The number of hydrogen-bond donors (Lipinski definition) is 0. The maximum atomic E-state index is 4.59. The molecule has 0 aliphatic carbocycles. The molecule has 2 aromatic heterocycles. The Labute approximate surface area is 104 Å². The van der Waals surface area contributed by atoms with E-state index in [4.69, 9.17) is 0 Å². The predicted molar refractivity (Wildman–Crippen MR) is 70.5 cm³/mol. The van der Waals surface area contributed by atoms with Gasteiger partial charge in [-0.2, -0.15) is 5.10 Å². The van der Waals surface area contributed by atoms with Gasteiger partial charge in [-0.1, -0.05) is 23.5 Å². The molecular weight excluding hydrogens is 230 g/mol. The molecule has 0 spiro atoms. The molecule has 3 nitrogen and oxygen atoms in total. The minimum absolute atomic E-state index is 0.954. The molecule has 0 radical (unpaired) electrons. The van der Waals surface area contributed by atoms with E-state index in [9.17, 15) is 0 Å². The van der Waals surface area contributed by atoms with Crippen LogP contribution in [0.3, 0.4) is 0 Å². The first kappa shape index (κ1) is 10.5. The first-order chi connectivity index (χ1) is 8.13. The third-order valence-corrected chi connectivity index (χ3v) is 3.78. The molecular formula is C13H13N3S. The van der Waals surface area contributed by atoms with Crippen LogP contribution in [-0.4, -0.2) is 14.6 Å². The fourth-order valence-corrected chi connectivity index (χ4v) is 2.56. The fourth-order valence-electron chi connectivity index (χ4n) is 1.84. The van der Waals surface area contributed by atoms with Gasteiger partial charge in [0.2, 0.25) is 4.96 Å². The molecule has 17 heavy (non-hydrogen) atoms. The number of benzene rings is 1. The van der Waals surface area contributed by atoms with Crippen molar-refractivity contribution in [2.75, 3.05) is 0 Å². The molecule has 86 valence electrons. The zero-order valence-electron chi connectivity index (χ0n) is 10.1. The molecule has 3 rings (SSSR count). The second-order valence-corrected chi connectivity index (χ2v) is 5.43. The summed E-state index contributed by atoms with van der Waals surface area (Å²) in [5, 5.41) is 5.41. The topological polar surface area (TPSA) is 30.2 Å². The van der Waals surface area contributed by atoms with Gasteiger partial charge in [0.15, 0.2) is 0 Å². The number of fused-ring (bicyclic) bond motifs is 1. The molecule has 0 bridgehead atoms. The first-order valence-corrected chi connectivity index (χ1v) is 6.35. The number of nitrogens with zero attached hydrogens (tertiary/aromatic N) is 3. The van der Waals surface area contributed by atoms with Gasteiger partial charge in [-0.25, -0.2) is 9.50 Å². The van der Waals surface area contributed by atoms with Crippen LogP contribution in [0.2, 0.25) is 0 Å². The van der Waals surface area contributed by atoms with E-state index in [2.05, 4.69) is 42.1 Å². The fraction of sp³-hybridized carbons (Fsp3) is 0.231. The number of aryl methyl sites for hydroxylation is 3. The molecule has 0 unspecified atom stereocenters. The van der Waals surface area contributed by atoms with E-state index < -0.39 is 0 Å². The number of hydrogen-bond acceptors (Lipinski definition) is 3. The van der Waals surface area contributed by atoms with Crippen molar-refractivity contribution >= 4 is 16.3 Å². The van der Waals surface area contributed by atoms with Gasteiger partial charge in [0.25, 0.3) is 0 Å². The normalized spacial score (nSPS) is 11.2. The Morgan fingerprint density at radius 1 is 1.12 bits per heavy atom. The van der Waals surface area contributed by atoms with Crippen LogP contribution in [0, 0.1) is 20.8 Å². The second kappa shape index (κ2) is 3.67. The molecule has 0 fully saturated rings. The molecule has 0 aliphatic rings. The van der Waals surface area contributed by atoms with Gasteiger partial charge in [0.1, 0.15) is 5.01 Å². The monoisotopic (exact) mass is 243 g/mol. The van der Waals surface area contributed by atoms with E-state index in [0.29, 0.717) is 0 Å². The Hall–Kier alpha value is -1.68. The van der Waals surface area contributed by atoms with Crippen LogP contribution in [0.4, 0.5) is 0 Å². The Kier molecular flexibility index (Phi) is 2.26. The Bertz CT molecular complexity index is 662. The lowest BCUT2D eigenvalue weighted by atomic mass is 10.1. The van der Waals surface area contributed by atoms with Gasteiger partial charge >= 0.3 is 0 Å². The summed E-state index contributed by atoms with van der Waals surface area (Å²) in [5.74, 6) is 0. The Morgan fingerprint density at radius 2 is 1.94 bits per heavy atom. The molecule has 0 saturated heterocycles. The number of imidazole rings is 1. The SMILES string of the molecule is Cc1nn2cc(-c3ccc(C)c(C)c3)nc2s1. The van der Waals surface area contributed by atoms with E-state index in [1.54, 1.807) is 11.3 Å². The Balaban J connectivity index is 2.13. The van der Waals surface area contributed by atoms with Gasteiger partial charge in [0, 0.05) is 5.56 Å². The summed E-state index contributed by atoms with van der Waals surface area (Å²) >= 11 is 1.62. The molecule has 1 aromatic carbocycles. The smallest absolute Gasteiger partial charge is 0.212 e. The van der Waals surface area contributed by atoms with Crippen molar-refractivity contribution < 1.29 is 0 Å². The van der Waals surface area contributed by atoms with Gasteiger partial charge in [-0.3, -0.25) is 0 Å². The van der Waals surface area contributed by atoms with Crippen LogP contribution in [-0.2, 0) is 0 Å². The number of rotatable bonds is 1. The average Bonchev–Trinajstić information content (AvgIpc) is 2.79. The quantitative estimate of drug-likeness (QED) is 0.656. The van der Waals surface area contributed by atoms with Crippen molar-refractivity contribution in [1.82, 2.24) is 14.6 Å². The first-order valence-electron chi connectivity index (χ1n) is 5.54. The van der Waals surface area contributed by atoms with Crippen LogP contribution in [0.1, 0.15) is 16.1 Å². The number of aromatic nitrogens is 3. The molecule has 0 aliphatic heterocycles. The summed E-state index contributed by atoms with van der Waals surface area (Å²) in [6, 6.07) is 6.42. The van der Waals surface area contributed by atoms with Gasteiger partial charge in [-0.05, 0) is 38.0 Å². The van der Waals surface area contributed by atoms with E-state index in [0.717, 1.165) is 21.2 Å². The van der Waals surface area contributed by atoms with Crippen LogP contribution >= 0.6 is 11.3 Å². The summed E-state index contributed by atoms with van der Waals surface area (Å²) in [6.07, 6.45) is 1.99. The molecule has 2 heterocycles. The highest BCUT2D eigenvalue weighted by molar-refractivity contribution is 7.16. The van der Waals surface area contributed by atoms with Crippen LogP contribution < -0.4 is 0 Å². The molecule has 3 aromatic rings. The van der Waals surface area contributed by atoms with Crippen molar-refractivity contribution in [2.45, 2.75) is 20.8 Å². The van der Waals surface area contributed by atoms with E-state index >= 15 is 0 Å². The largest absolute Gasteiger partial charge is 0.217 e. The van der Waals surface area contributed by atoms with Crippen molar-refractivity contribution in [2.24, 2.45) is 0 Å². The lowest BCUT2D eigenvalue weighted by Gasteiger charge is -2.01. The van der Waals surface area contributed by atoms with Crippen LogP contribution in [0.5, 0.6) is 0 Å². The zero-order valence-corrected chi connectivity index (χ0v) is 10.9. The summed E-state index contributed by atoms with van der Waals surface area (Å²) in [6.45, 7) is 6.24. The van der Waals surface area contributed by atoms with Crippen molar-refractivity contribution in [3.8, 4) is 11.3 Å². The molecule has 0 atom stereocenters. The Morgan fingerprint density at radius 3 is 2.65 bits per heavy atom. The minimum atomic E-state index is 0.954. The van der Waals surface area contributed by atoms with Crippen molar-refractivity contribution in [1.29, 1.82) is 0 Å². The maximum absolute atomic E-state index is 4.59. The lowest BCUT2D eigenvalue weighted by molar-refractivity contribution is 0.946. The van der Waals surface area contributed by atoms with E-state index in [1.165, 1.54) is 11.1 Å². The average molecular weight is 243 g/mol. The molecule has 0 N–H and O–H groups in total. The zero-order chi connectivity index (χ0) is 12.0. The third-order valence-electron chi connectivity index (χ3n) is 2.95. The minimum Gasteiger partial charge on any atom is -0.217 e. The standard InChI is InChI=1S/C13H13N3S/c1-8-4-5-11(6-9(8)2)12-7-16-13(14-12)17-10(3)15-16/h4-7H,1-3H3. The van der Waals surface area contributed by atoms with Gasteiger partial charge < -0.3 is 0 Å². The summed E-state index contributed by atoms with van der Waals surface area (Å²) < 4.78 is 1.85. The van der Waals surface area contributed by atoms with Crippen molar-refractivity contribution in [3.63, 3.8) is 0 Å². The maximum Gasteiger partial charge on any atom is 0.212 e. The summed E-state index contributed by atoms with van der Waals surface area (Å²) in [4.78, 5) is 5.55. The lowest BCUT2D eigenvalue weighted by Crippen LogP contribution is -1.84. The highest BCUT2D eigenvalue weighted by atomic mass is 32.1. The molecule has 4 heteroatoms.